The third-order valence-electron chi connectivity index (χ3n) is 4.93. The van der Waals surface area contributed by atoms with E-state index in [2.05, 4.69) is 26.5 Å². The van der Waals surface area contributed by atoms with Crippen molar-refractivity contribution < 1.29 is 9.13 Å². The van der Waals surface area contributed by atoms with E-state index in [0.29, 0.717) is 12.5 Å². The fraction of sp³-hybridized carbons (Fsp3) is 0.333. The molecule has 0 amide bonds. The zero-order valence-corrected chi connectivity index (χ0v) is 16.6. The molecule has 0 atom stereocenters. The highest BCUT2D eigenvalue weighted by Crippen LogP contribution is 2.27. The topological polar surface area (TPSA) is 50.3 Å². The average Bonchev–Trinajstić information content (AvgIpc) is 3.19. The van der Waals surface area contributed by atoms with Crippen LogP contribution in [0.5, 0.6) is 5.75 Å². The lowest BCUT2D eigenvalue weighted by Gasteiger charge is -2.32. The smallest absolute Gasteiger partial charge is 0.208 e. The molecular formula is C21H23FN4OS. The van der Waals surface area contributed by atoms with E-state index in [4.69, 9.17) is 4.74 Å². The van der Waals surface area contributed by atoms with Gasteiger partial charge in [0.1, 0.15) is 16.6 Å². The Bertz CT molecular complexity index is 907. The Labute approximate surface area is 168 Å². The molecule has 1 saturated heterocycles. The van der Waals surface area contributed by atoms with Crippen molar-refractivity contribution in [2.24, 2.45) is 0 Å². The number of benzene rings is 2. The Kier molecular flexibility index (Phi) is 5.71. The van der Waals surface area contributed by atoms with E-state index in [1.54, 1.807) is 30.6 Å². The van der Waals surface area contributed by atoms with Crippen molar-refractivity contribution in [2.45, 2.75) is 25.3 Å². The van der Waals surface area contributed by atoms with Crippen LogP contribution < -0.4 is 15.0 Å². The molecule has 146 valence electrons. The molecule has 0 bridgehead atoms. The van der Waals surface area contributed by atoms with Crippen LogP contribution in [0, 0.1) is 5.82 Å². The molecule has 0 saturated carbocycles. The van der Waals surface area contributed by atoms with Gasteiger partial charge >= 0.3 is 0 Å². The molecule has 0 aliphatic carbocycles. The van der Waals surface area contributed by atoms with E-state index in [9.17, 15) is 4.39 Å². The van der Waals surface area contributed by atoms with Crippen molar-refractivity contribution in [1.29, 1.82) is 0 Å². The summed E-state index contributed by atoms with van der Waals surface area (Å²) in [6, 6.07) is 15.1. The van der Waals surface area contributed by atoms with Crippen LogP contribution in [0.15, 0.2) is 48.5 Å². The van der Waals surface area contributed by atoms with Crippen molar-refractivity contribution in [2.75, 3.05) is 30.4 Å². The summed E-state index contributed by atoms with van der Waals surface area (Å²) < 4.78 is 18.3. The van der Waals surface area contributed by atoms with Gasteiger partial charge in [-0.3, -0.25) is 0 Å². The first kappa shape index (κ1) is 18.7. The monoisotopic (exact) mass is 398 g/mol. The van der Waals surface area contributed by atoms with Crippen LogP contribution >= 0.6 is 11.3 Å². The molecule has 0 spiro atoms. The van der Waals surface area contributed by atoms with E-state index in [1.807, 2.05) is 18.2 Å². The first-order valence-corrected chi connectivity index (χ1v) is 10.2. The Morgan fingerprint density at radius 1 is 1.14 bits per heavy atom. The Morgan fingerprint density at radius 2 is 1.93 bits per heavy atom. The summed E-state index contributed by atoms with van der Waals surface area (Å²) >= 11 is 1.62. The van der Waals surface area contributed by atoms with Gasteiger partial charge < -0.3 is 15.0 Å². The zero-order chi connectivity index (χ0) is 19.3. The summed E-state index contributed by atoms with van der Waals surface area (Å²) in [6.07, 6.45) is 2.78. The maximum Gasteiger partial charge on any atom is 0.208 e. The summed E-state index contributed by atoms with van der Waals surface area (Å²) in [7, 11) is 1.68. The molecular weight excluding hydrogens is 375 g/mol. The second-order valence-corrected chi connectivity index (χ2v) is 7.96. The maximum absolute atomic E-state index is 13.0. The molecule has 4 rings (SSSR count). The molecule has 1 aromatic heterocycles. The minimum Gasteiger partial charge on any atom is -0.497 e. The molecule has 0 radical (unpaired) electrons. The lowest BCUT2D eigenvalue weighted by atomic mass is 10.1. The quantitative estimate of drug-likeness (QED) is 0.669. The Morgan fingerprint density at radius 3 is 2.68 bits per heavy atom. The molecule has 1 fully saturated rings. The molecule has 2 heterocycles. The zero-order valence-electron chi connectivity index (χ0n) is 15.8. The number of aromatic nitrogens is 2. The second kappa shape index (κ2) is 8.56. The molecule has 7 heteroatoms. The van der Waals surface area contributed by atoms with Gasteiger partial charge in [0.25, 0.3) is 0 Å². The van der Waals surface area contributed by atoms with Crippen LogP contribution in [-0.2, 0) is 6.42 Å². The summed E-state index contributed by atoms with van der Waals surface area (Å²) in [5, 5.41) is 14.2. The molecule has 3 aromatic rings. The van der Waals surface area contributed by atoms with Crippen molar-refractivity contribution >= 4 is 22.2 Å². The summed E-state index contributed by atoms with van der Waals surface area (Å²) in [5.74, 6) is 0.650. The van der Waals surface area contributed by atoms with E-state index in [-0.39, 0.29) is 5.82 Å². The first-order chi connectivity index (χ1) is 13.7. The van der Waals surface area contributed by atoms with Crippen LogP contribution in [0.2, 0.25) is 0 Å². The van der Waals surface area contributed by atoms with Crippen LogP contribution in [0.1, 0.15) is 23.4 Å². The van der Waals surface area contributed by atoms with Crippen LogP contribution in [0.3, 0.4) is 0 Å². The molecule has 1 N–H and O–H groups in total. The second-order valence-electron chi connectivity index (χ2n) is 6.92. The Balaban J connectivity index is 1.31. The van der Waals surface area contributed by atoms with Crippen molar-refractivity contribution in [3.8, 4) is 5.75 Å². The largest absolute Gasteiger partial charge is 0.497 e. The maximum atomic E-state index is 13.0. The number of nitrogens with one attached hydrogen (secondary N) is 1. The van der Waals surface area contributed by atoms with Gasteiger partial charge in [-0.2, -0.15) is 0 Å². The lowest BCUT2D eigenvalue weighted by molar-refractivity contribution is 0.415. The Hall–Kier alpha value is -2.67. The third kappa shape index (κ3) is 4.59. The molecule has 5 nitrogen and oxygen atoms in total. The van der Waals surface area contributed by atoms with Crippen molar-refractivity contribution in [3.05, 3.63) is 64.9 Å². The number of methoxy groups -OCH3 is 1. The van der Waals surface area contributed by atoms with E-state index >= 15 is 0 Å². The van der Waals surface area contributed by atoms with Gasteiger partial charge in [-0.25, -0.2) is 4.39 Å². The van der Waals surface area contributed by atoms with E-state index in [0.717, 1.165) is 53.1 Å². The number of hydrogen-bond donors (Lipinski definition) is 1. The summed E-state index contributed by atoms with van der Waals surface area (Å²) in [5.41, 5.74) is 2.14. The highest BCUT2D eigenvalue weighted by molar-refractivity contribution is 7.15. The number of ether oxygens (including phenoxy) is 1. The molecule has 1 aliphatic heterocycles. The van der Waals surface area contributed by atoms with E-state index in [1.165, 1.54) is 12.1 Å². The molecule has 2 aromatic carbocycles. The van der Waals surface area contributed by atoms with Crippen molar-refractivity contribution in [3.63, 3.8) is 0 Å². The highest BCUT2D eigenvalue weighted by atomic mass is 32.1. The van der Waals surface area contributed by atoms with Crippen LogP contribution in [0.25, 0.3) is 0 Å². The predicted octanol–water partition coefficient (Wildman–Crippen LogP) is 4.36. The number of hydrogen-bond acceptors (Lipinski definition) is 6. The number of halogens is 1. The third-order valence-corrected chi connectivity index (χ3v) is 5.91. The number of anilines is 2. The van der Waals surface area contributed by atoms with Gasteiger partial charge in [-0.15, -0.1) is 10.2 Å². The van der Waals surface area contributed by atoms with Gasteiger partial charge in [0.05, 0.1) is 7.11 Å². The molecule has 1 aliphatic rings. The van der Waals surface area contributed by atoms with Gasteiger partial charge in [0.2, 0.25) is 5.13 Å². The van der Waals surface area contributed by atoms with Gasteiger partial charge in [-0.1, -0.05) is 29.5 Å². The number of piperidine rings is 1. The number of nitrogens with zero attached hydrogens (tertiary/aromatic N) is 3. The SMILES string of the molecule is COc1cccc(NC2CCN(c3nnc(Cc4ccc(F)cc4)s3)CC2)c1. The van der Waals surface area contributed by atoms with Crippen LogP contribution in [0.4, 0.5) is 15.2 Å². The van der Waals surface area contributed by atoms with Crippen molar-refractivity contribution in [1.82, 2.24) is 10.2 Å². The van der Waals surface area contributed by atoms with Gasteiger partial charge in [0.15, 0.2) is 0 Å². The average molecular weight is 399 g/mol. The minimum atomic E-state index is -0.216. The number of rotatable bonds is 6. The van der Waals surface area contributed by atoms with Gasteiger partial charge in [0, 0.05) is 37.3 Å². The summed E-state index contributed by atoms with van der Waals surface area (Å²) in [4.78, 5) is 2.30. The fourth-order valence-corrected chi connectivity index (χ4v) is 4.31. The summed E-state index contributed by atoms with van der Waals surface area (Å²) in [6.45, 7) is 1.90. The molecule has 28 heavy (non-hydrogen) atoms. The standard InChI is InChI=1S/C21H23FN4OS/c1-27-19-4-2-3-18(14-19)23-17-9-11-26(12-10-17)21-25-24-20(28-21)13-15-5-7-16(22)8-6-15/h2-8,14,17,23H,9-13H2,1H3. The lowest BCUT2D eigenvalue weighted by Crippen LogP contribution is -2.39. The first-order valence-electron chi connectivity index (χ1n) is 9.42. The highest BCUT2D eigenvalue weighted by Gasteiger charge is 2.22. The normalized spacial score (nSPS) is 14.9. The minimum absolute atomic E-state index is 0.216. The molecule has 0 unspecified atom stereocenters. The van der Waals surface area contributed by atoms with Gasteiger partial charge in [-0.05, 0) is 42.7 Å². The van der Waals surface area contributed by atoms with E-state index < -0.39 is 0 Å². The predicted molar refractivity (Wildman–Crippen MR) is 111 cm³/mol. The van der Waals surface area contributed by atoms with Crippen LogP contribution in [-0.4, -0.2) is 36.4 Å². The fourth-order valence-electron chi connectivity index (χ4n) is 3.38.